The molecule has 0 unspecified atom stereocenters. The molecule has 0 amide bonds. The number of ether oxygens (including phenoxy) is 2. The Morgan fingerprint density at radius 1 is 0.938 bits per heavy atom. The average Bonchev–Trinajstić information content (AvgIpc) is 3.44. The van der Waals surface area contributed by atoms with Gasteiger partial charge >= 0.3 is 6.18 Å². The van der Waals surface area contributed by atoms with Crippen LogP contribution in [0.2, 0.25) is 0 Å². The summed E-state index contributed by atoms with van der Waals surface area (Å²) in [6.07, 6.45) is -1.06. The Morgan fingerprint density at radius 2 is 1.66 bits per heavy atom. The quantitative estimate of drug-likeness (QED) is 0.465. The highest BCUT2D eigenvalue weighted by Crippen LogP contribution is 2.42. The Labute approximate surface area is 180 Å². The number of halogens is 3. The standard InChI is InChI=1S/C22H16F3N5O2/c23-22(24,25)18-19(13-3-6-15(7-4-13)30-9-1-2-10-30)28-21(26)29-20(18)27-14-5-8-16-17(11-14)32-12-31-16/h1-11H,12H2,(H3,26,27,28,29). The summed E-state index contributed by atoms with van der Waals surface area (Å²) in [6.45, 7) is 0.0518. The zero-order valence-electron chi connectivity index (χ0n) is 16.4. The number of nitrogens with two attached hydrogens (primary N) is 1. The summed E-state index contributed by atoms with van der Waals surface area (Å²) in [5.74, 6) is 0.197. The van der Waals surface area contributed by atoms with Gasteiger partial charge in [0.15, 0.2) is 11.5 Å². The lowest BCUT2D eigenvalue weighted by Gasteiger charge is -2.18. The van der Waals surface area contributed by atoms with Crippen molar-refractivity contribution in [2.45, 2.75) is 6.18 Å². The van der Waals surface area contributed by atoms with Gasteiger partial charge in [-0.05, 0) is 36.4 Å². The third-order valence-corrected chi connectivity index (χ3v) is 4.89. The molecule has 0 bridgehead atoms. The monoisotopic (exact) mass is 439 g/mol. The van der Waals surface area contributed by atoms with E-state index in [0.717, 1.165) is 5.69 Å². The van der Waals surface area contributed by atoms with Crippen LogP contribution in [-0.2, 0) is 6.18 Å². The van der Waals surface area contributed by atoms with E-state index in [1.165, 1.54) is 6.07 Å². The fourth-order valence-electron chi connectivity index (χ4n) is 3.45. The minimum absolute atomic E-state index is 0.0518. The predicted octanol–water partition coefficient (Wildman–Crippen LogP) is 5.01. The summed E-state index contributed by atoms with van der Waals surface area (Å²) < 4.78 is 54.8. The van der Waals surface area contributed by atoms with Crippen molar-refractivity contribution in [3.63, 3.8) is 0 Å². The maximum Gasteiger partial charge on any atom is 0.422 e. The van der Waals surface area contributed by atoms with Gasteiger partial charge in [-0.25, -0.2) is 4.98 Å². The Morgan fingerprint density at radius 3 is 2.38 bits per heavy atom. The van der Waals surface area contributed by atoms with Gasteiger partial charge in [0.25, 0.3) is 0 Å². The molecule has 1 aliphatic heterocycles. The molecule has 32 heavy (non-hydrogen) atoms. The number of hydrogen-bond donors (Lipinski definition) is 2. The highest BCUT2D eigenvalue weighted by molar-refractivity contribution is 5.75. The van der Waals surface area contributed by atoms with Gasteiger partial charge in [0.05, 0.1) is 5.69 Å². The van der Waals surface area contributed by atoms with Gasteiger partial charge in [-0.3, -0.25) is 0 Å². The number of nitrogens with one attached hydrogen (secondary N) is 1. The maximum absolute atomic E-state index is 14.1. The molecule has 0 atom stereocenters. The number of fused-ring (bicyclic) bond motifs is 1. The smallest absolute Gasteiger partial charge is 0.422 e. The molecule has 2 aromatic carbocycles. The molecule has 0 saturated heterocycles. The summed E-state index contributed by atoms with van der Waals surface area (Å²) >= 11 is 0. The predicted molar refractivity (Wildman–Crippen MR) is 112 cm³/mol. The lowest BCUT2D eigenvalue weighted by molar-refractivity contribution is -0.136. The molecule has 0 fully saturated rings. The van der Waals surface area contributed by atoms with E-state index in [-0.39, 0.29) is 24.0 Å². The first-order valence-electron chi connectivity index (χ1n) is 9.54. The first kappa shape index (κ1) is 19.7. The first-order valence-corrected chi connectivity index (χ1v) is 9.54. The van der Waals surface area contributed by atoms with Crippen molar-refractivity contribution < 1.29 is 22.6 Å². The molecule has 0 aliphatic carbocycles. The van der Waals surface area contributed by atoms with E-state index in [1.54, 1.807) is 36.4 Å². The Hall–Kier alpha value is -4.21. The first-order chi connectivity index (χ1) is 15.4. The van der Waals surface area contributed by atoms with E-state index in [4.69, 9.17) is 15.2 Å². The number of benzene rings is 2. The second kappa shape index (κ2) is 7.49. The zero-order chi connectivity index (χ0) is 22.3. The summed E-state index contributed by atoms with van der Waals surface area (Å²) in [5, 5.41) is 2.70. The molecule has 0 spiro atoms. The van der Waals surface area contributed by atoms with Crippen molar-refractivity contribution in [1.29, 1.82) is 0 Å². The van der Waals surface area contributed by atoms with E-state index in [9.17, 15) is 13.2 Å². The average molecular weight is 439 g/mol. The zero-order valence-corrected chi connectivity index (χ0v) is 16.4. The molecule has 10 heteroatoms. The second-order valence-corrected chi connectivity index (χ2v) is 6.98. The SMILES string of the molecule is Nc1nc(Nc2ccc3c(c2)OCO3)c(C(F)(F)F)c(-c2ccc(-n3cccc3)cc2)n1. The molecule has 7 nitrogen and oxygen atoms in total. The van der Waals surface area contributed by atoms with Crippen molar-refractivity contribution >= 4 is 17.5 Å². The van der Waals surface area contributed by atoms with Crippen LogP contribution in [0.1, 0.15) is 5.56 Å². The number of nitrogens with zero attached hydrogens (tertiary/aromatic N) is 3. The van der Waals surface area contributed by atoms with Crippen LogP contribution in [0, 0.1) is 0 Å². The third kappa shape index (κ3) is 3.66. The van der Waals surface area contributed by atoms with Crippen molar-refractivity contribution in [3.05, 3.63) is 72.6 Å². The number of hydrogen-bond acceptors (Lipinski definition) is 6. The molecule has 4 aromatic rings. The summed E-state index contributed by atoms with van der Waals surface area (Å²) in [4.78, 5) is 7.75. The normalized spacial score (nSPS) is 12.7. The van der Waals surface area contributed by atoms with Crippen LogP contribution in [0.3, 0.4) is 0 Å². The number of nitrogen functional groups attached to an aromatic ring is 1. The Kier molecular flexibility index (Phi) is 4.62. The molecule has 0 saturated carbocycles. The van der Waals surface area contributed by atoms with Gasteiger partial charge in [0, 0.05) is 35.4 Å². The van der Waals surface area contributed by atoms with E-state index >= 15 is 0 Å². The Balaban J connectivity index is 1.58. The van der Waals surface area contributed by atoms with Crippen molar-refractivity contribution in [2.24, 2.45) is 0 Å². The maximum atomic E-state index is 14.1. The fraction of sp³-hybridized carbons (Fsp3) is 0.0909. The van der Waals surface area contributed by atoms with Crippen LogP contribution in [0.4, 0.5) is 30.6 Å². The van der Waals surface area contributed by atoms with Crippen molar-refractivity contribution in [3.8, 4) is 28.4 Å². The molecular formula is C22H16F3N5O2. The van der Waals surface area contributed by atoms with Gasteiger partial charge in [-0.2, -0.15) is 18.2 Å². The fourth-order valence-corrected chi connectivity index (χ4v) is 3.45. The molecule has 5 rings (SSSR count). The molecular weight excluding hydrogens is 423 g/mol. The largest absolute Gasteiger partial charge is 0.454 e. The van der Waals surface area contributed by atoms with Crippen LogP contribution in [0.25, 0.3) is 16.9 Å². The molecule has 0 radical (unpaired) electrons. The van der Waals surface area contributed by atoms with Gasteiger partial charge < -0.3 is 25.1 Å². The van der Waals surface area contributed by atoms with Crippen LogP contribution >= 0.6 is 0 Å². The second-order valence-electron chi connectivity index (χ2n) is 6.98. The van der Waals surface area contributed by atoms with Crippen LogP contribution < -0.4 is 20.5 Å². The molecule has 3 N–H and O–H groups in total. The summed E-state index contributed by atoms with van der Waals surface area (Å²) in [5.41, 5.74) is 5.85. The molecule has 3 heterocycles. The highest BCUT2D eigenvalue weighted by atomic mass is 19.4. The third-order valence-electron chi connectivity index (χ3n) is 4.89. The van der Waals surface area contributed by atoms with Crippen molar-refractivity contribution in [2.75, 3.05) is 17.8 Å². The molecule has 2 aromatic heterocycles. The number of rotatable bonds is 4. The summed E-state index contributed by atoms with van der Waals surface area (Å²) in [6, 6.07) is 15.0. The van der Waals surface area contributed by atoms with E-state index in [0.29, 0.717) is 17.2 Å². The van der Waals surface area contributed by atoms with E-state index in [2.05, 4.69) is 15.3 Å². The van der Waals surface area contributed by atoms with E-state index in [1.807, 2.05) is 29.1 Å². The van der Waals surface area contributed by atoms with Crippen molar-refractivity contribution in [1.82, 2.24) is 14.5 Å². The minimum atomic E-state index is -4.74. The highest BCUT2D eigenvalue weighted by Gasteiger charge is 2.39. The van der Waals surface area contributed by atoms with Gasteiger partial charge in [-0.1, -0.05) is 12.1 Å². The van der Waals surface area contributed by atoms with Gasteiger partial charge in [0.2, 0.25) is 12.7 Å². The van der Waals surface area contributed by atoms with Crippen LogP contribution in [0.5, 0.6) is 11.5 Å². The van der Waals surface area contributed by atoms with E-state index < -0.39 is 17.6 Å². The lowest BCUT2D eigenvalue weighted by atomic mass is 10.0. The van der Waals surface area contributed by atoms with Gasteiger partial charge in [0.1, 0.15) is 11.4 Å². The Bertz CT molecular complexity index is 1270. The van der Waals surface area contributed by atoms with Crippen LogP contribution in [0.15, 0.2) is 67.0 Å². The molecule has 162 valence electrons. The number of anilines is 3. The minimum Gasteiger partial charge on any atom is -0.454 e. The lowest BCUT2D eigenvalue weighted by Crippen LogP contribution is -2.15. The number of aromatic nitrogens is 3. The molecule has 1 aliphatic rings. The van der Waals surface area contributed by atoms with Gasteiger partial charge in [-0.15, -0.1) is 0 Å². The number of alkyl halides is 3. The van der Waals surface area contributed by atoms with Crippen LogP contribution in [-0.4, -0.2) is 21.3 Å². The summed E-state index contributed by atoms with van der Waals surface area (Å²) in [7, 11) is 0. The topological polar surface area (TPSA) is 87.2 Å².